The van der Waals surface area contributed by atoms with Crippen molar-refractivity contribution in [1.82, 2.24) is 20.6 Å². The molecule has 1 aliphatic rings. The summed E-state index contributed by atoms with van der Waals surface area (Å²) in [6.45, 7) is 1.17. The van der Waals surface area contributed by atoms with Crippen LogP contribution in [-0.2, 0) is 4.79 Å². The molecule has 4 rings (SSSR count). The Bertz CT molecular complexity index is 1150. The number of ether oxygens (including phenoxy) is 2. The number of rotatable bonds is 6. The summed E-state index contributed by atoms with van der Waals surface area (Å²) in [6.07, 6.45) is 1.37. The van der Waals surface area contributed by atoms with Crippen molar-refractivity contribution in [2.45, 2.75) is 6.04 Å². The number of methoxy groups -OCH3 is 1. The predicted molar refractivity (Wildman–Crippen MR) is 119 cm³/mol. The second kappa shape index (κ2) is 9.21. The van der Waals surface area contributed by atoms with E-state index in [-0.39, 0.29) is 29.3 Å². The molecule has 31 heavy (non-hydrogen) atoms. The highest BCUT2D eigenvalue weighted by molar-refractivity contribution is 9.10. The summed E-state index contributed by atoms with van der Waals surface area (Å²) in [7, 11) is 1.52. The third kappa shape index (κ3) is 4.65. The minimum Gasteiger partial charge on any atom is -0.493 e. The van der Waals surface area contributed by atoms with Crippen LogP contribution in [0.3, 0.4) is 0 Å². The highest BCUT2D eigenvalue weighted by atomic mass is 79.9. The molecule has 1 saturated heterocycles. The van der Waals surface area contributed by atoms with Gasteiger partial charge in [-0.05, 0) is 34.1 Å². The van der Waals surface area contributed by atoms with E-state index >= 15 is 0 Å². The number of piperazine rings is 1. The number of nitrogens with one attached hydrogen (secondary N) is 3. The molecule has 0 radical (unpaired) electrons. The Kier molecular flexibility index (Phi) is 6.40. The largest absolute Gasteiger partial charge is 0.493 e. The van der Waals surface area contributed by atoms with E-state index in [2.05, 4.69) is 41.8 Å². The number of hydrogen-bond acceptors (Lipinski definition) is 7. The number of halogens is 3. The third-order valence-corrected chi connectivity index (χ3v) is 5.95. The van der Waals surface area contributed by atoms with Crippen LogP contribution in [0.5, 0.6) is 11.5 Å². The molecule has 11 heteroatoms. The van der Waals surface area contributed by atoms with Gasteiger partial charge in [-0.15, -0.1) is 0 Å². The number of benzene rings is 2. The molecular formula is C20H18BrClFN5O3. The number of aromatic nitrogens is 2. The molecule has 1 atom stereocenters. The number of hydrogen-bond donors (Lipinski definition) is 3. The molecule has 8 nitrogen and oxygen atoms in total. The summed E-state index contributed by atoms with van der Waals surface area (Å²) in [5.41, 5.74) is 0.746. The minimum atomic E-state index is -0.599. The fourth-order valence-electron chi connectivity index (χ4n) is 3.17. The molecule has 0 unspecified atom stereocenters. The zero-order valence-electron chi connectivity index (χ0n) is 16.3. The summed E-state index contributed by atoms with van der Waals surface area (Å²) in [4.78, 5) is 20.0. The smallest absolute Gasteiger partial charge is 0.234 e. The lowest BCUT2D eigenvalue weighted by Crippen LogP contribution is -2.54. The van der Waals surface area contributed by atoms with E-state index in [1.807, 2.05) is 0 Å². The number of nitrogens with zero attached hydrogens (tertiary/aromatic N) is 2. The van der Waals surface area contributed by atoms with Crippen LogP contribution in [0.15, 0.2) is 35.1 Å². The molecule has 0 aliphatic carbocycles. The standard InChI is InChI=1S/C20H18BrClFN5O3/c1-30-15-4-11-14(5-16(15)31-8-10-6-24-7-17(29)27-10)25-9-26-20(11)28-13-3-2-12(21)18(22)19(13)23/h2-5,9-10,24H,6-8H2,1H3,(H,27,29)(H,25,26,28)/t10-/m0/s1. The van der Waals surface area contributed by atoms with Crippen molar-refractivity contribution in [3.05, 3.63) is 45.9 Å². The molecule has 2 aromatic carbocycles. The quantitative estimate of drug-likeness (QED) is 0.437. The highest BCUT2D eigenvalue weighted by Gasteiger charge is 2.20. The van der Waals surface area contributed by atoms with Crippen LogP contribution in [0.2, 0.25) is 5.02 Å². The fraction of sp³-hybridized carbons (Fsp3) is 0.250. The average molecular weight is 511 g/mol. The Morgan fingerprint density at radius 3 is 2.94 bits per heavy atom. The van der Waals surface area contributed by atoms with E-state index in [9.17, 15) is 9.18 Å². The van der Waals surface area contributed by atoms with Crippen molar-refractivity contribution in [2.75, 3.05) is 32.1 Å². The van der Waals surface area contributed by atoms with Gasteiger partial charge in [0.25, 0.3) is 0 Å². The lowest BCUT2D eigenvalue weighted by molar-refractivity contribution is -0.122. The van der Waals surface area contributed by atoms with Crippen LogP contribution in [0.1, 0.15) is 0 Å². The molecule has 1 amide bonds. The van der Waals surface area contributed by atoms with E-state index in [1.165, 1.54) is 13.4 Å². The van der Waals surface area contributed by atoms with Crippen LogP contribution >= 0.6 is 27.5 Å². The summed E-state index contributed by atoms with van der Waals surface area (Å²) in [5, 5.41) is 9.43. The molecular weight excluding hydrogens is 493 g/mol. The first-order valence-corrected chi connectivity index (χ1v) is 10.5. The zero-order valence-corrected chi connectivity index (χ0v) is 18.7. The molecule has 162 valence electrons. The molecule has 2 heterocycles. The van der Waals surface area contributed by atoms with Gasteiger partial charge >= 0.3 is 0 Å². The molecule has 0 spiro atoms. The minimum absolute atomic E-state index is 0.0269. The Morgan fingerprint density at radius 2 is 2.16 bits per heavy atom. The van der Waals surface area contributed by atoms with E-state index in [1.54, 1.807) is 24.3 Å². The van der Waals surface area contributed by atoms with Crippen molar-refractivity contribution in [3.63, 3.8) is 0 Å². The summed E-state index contributed by atoms with van der Waals surface area (Å²) in [5.74, 6) is 0.634. The maximum Gasteiger partial charge on any atom is 0.234 e. The van der Waals surface area contributed by atoms with Crippen molar-refractivity contribution in [1.29, 1.82) is 0 Å². The molecule has 0 bridgehead atoms. The predicted octanol–water partition coefficient (Wildman–Crippen LogP) is 3.40. The van der Waals surface area contributed by atoms with Crippen LogP contribution in [0.25, 0.3) is 10.9 Å². The van der Waals surface area contributed by atoms with Crippen molar-refractivity contribution in [2.24, 2.45) is 0 Å². The lowest BCUT2D eigenvalue weighted by Gasteiger charge is -2.24. The second-order valence-electron chi connectivity index (χ2n) is 6.80. The summed E-state index contributed by atoms with van der Waals surface area (Å²) < 4.78 is 26.3. The summed E-state index contributed by atoms with van der Waals surface area (Å²) in [6, 6.07) is 6.46. The van der Waals surface area contributed by atoms with Crippen molar-refractivity contribution in [3.8, 4) is 11.5 Å². The van der Waals surface area contributed by atoms with Crippen LogP contribution in [-0.4, -0.2) is 48.7 Å². The molecule has 3 aromatic rings. The molecule has 1 aromatic heterocycles. The first-order valence-electron chi connectivity index (χ1n) is 9.32. The molecule has 1 aliphatic heterocycles. The lowest BCUT2D eigenvalue weighted by atomic mass is 10.2. The second-order valence-corrected chi connectivity index (χ2v) is 8.03. The number of carbonyl (C=O) groups excluding carboxylic acids is 1. The van der Waals surface area contributed by atoms with E-state index in [0.717, 1.165) is 0 Å². The molecule has 0 saturated carbocycles. The van der Waals surface area contributed by atoms with E-state index in [0.29, 0.717) is 45.8 Å². The average Bonchev–Trinajstić information content (AvgIpc) is 2.77. The van der Waals surface area contributed by atoms with Gasteiger partial charge in [0.1, 0.15) is 18.8 Å². The maximum atomic E-state index is 14.5. The van der Waals surface area contributed by atoms with Crippen molar-refractivity contribution >= 4 is 55.8 Å². The van der Waals surface area contributed by atoms with Gasteiger partial charge in [0.05, 0.1) is 35.9 Å². The van der Waals surface area contributed by atoms with Gasteiger partial charge in [0.15, 0.2) is 17.3 Å². The van der Waals surface area contributed by atoms with Gasteiger partial charge in [-0.25, -0.2) is 14.4 Å². The SMILES string of the molecule is COc1cc2c(Nc3ccc(Br)c(Cl)c3F)ncnc2cc1OC[C@@H]1CNCC(=O)N1. The van der Waals surface area contributed by atoms with E-state index < -0.39 is 5.82 Å². The van der Waals surface area contributed by atoms with Gasteiger partial charge in [0, 0.05) is 22.5 Å². The highest BCUT2D eigenvalue weighted by Crippen LogP contribution is 2.36. The first-order chi connectivity index (χ1) is 15.0. The maximum absolute atomic E-state index is 14.5. The van der Waals surface area contributed by atoms with Gasteiger partial charge < -0.3 is 25.4 Å². The van der Waals surface area contributed by atoms with Gasteiger partial charge in [0.2, 0.25) is 5.91 Å². The van der Waals surface area contributed by atoms with Crippen molar-refractivity contribution < 1.29 is 18.7 Å². The molecule has 3 N–H and O–H groups in total. The normalized spacial score (nSPS) is 16.1. The Labute approximate surface area is 190 Å². The number of carbonyl (C=O) groups is 1. The van der Waals surface area contributed by atoms with E-state index in [4.69, 9.17) is 21.1 Å². The van der Waals surface area contributed by atoms with Gasteiger partial charge in [-0.2, -0.15) is 0 Å². The third-order valence-electron chi connectivity index (χ3n) is 4.69. The van der Waals surface area contributed by atoms with Gasteiger partial charge in [-0.1, -0.05) is 11.6 Å². The Hall–Kier alpha value is -2.69. The van der Waals surface area contributed by atoms with Crippen LogP contribution in [0.4, 0.5) is 15.9 Å². The summed E-state index contributed by atoms with van der Waals surface area (Å²) >= 11 is 9.18. The zero-order chi connectivity index (χ0) is 22.0. The first kappa shape index (κ1) is 21.5. The Morgan fingerprint density at radius 1 is 1.32 bits per heavy atom. The van der Waals surface area contributed by atoms with Crippen LogP contribution in [0, 0.1) is 5.82 Å². The number of anilines is 2. The topological polar surface area (TPSA) is 97.4 Å². The molecule has 1 fully saturated rings. The fourth-order valence-corrected chi connectivity index (χ4v) is 3.64. The number of amides is 1. The van der Waals surface area contributed by atoms with Gasteiger partial charge in [-0.3, -0.25) is 4.79 Å². The van der Waals surface area contributed by atoms with Crippen LogP contribution < -0.4 is 25.4 Å². The monoisotopic (exact) mass is 509 g/mol. The Balaban J connectivity index is 1.62. The number of fused-ring (bicyclic) bond motifs is 1.